The molecule has 1 rings (SSSR count). The van der Waals surface area contributed by atoms with E-state index >= 15 is 0 Å². The lowest BCUT2D eigenvalue weighted by Gasteiger charge is -2.23. The van der Waals surface area contributed by atoms with Crippen LogP contribution in [0.1, 0.15) is 32.8 Å². The Morgan fingerprint density at radius 1 is 1.29 bits per heavy atom. The summed E-state index contributed by atoms with van der Waals surface area (Å²) in [5.74, 6) is 1.64. The molecule has 1 aromatic rings. The van der Waals surface area contributed by atoms with E-state index in [2.05, 4.69) is 25.7 Å². The molecule has 0 amide bonds. The molecule has 3 nitrogen and oxygen atoms in total. The summed E-state index contributed by atoms with van der Waals surface area (Å²) in [5, 5.41) is 0. The first-order valence-corrected chi connectivity index (χ1v) is 8.18. The zero-order valence-electron chi connectivity index (χ0n) is 13.5. The lowest BCUT2D eigenvalue weighted by atomic mass is 10.1. The van der Waals surface area contributed by atoms with Gasteiger partial charge in [-0.1, -0.05) is 51.5 Å². The molecule has 4 heteroatoms. The molecule has 0 saturated heterocycles. The molecule has 0 heterocycles. The summed E-state index contributed by atoms with van der Waals surface area (Å²) in [6, 6.07) is 8.01. The van der Waals surface area contributed by atoms with E-state index in [1.165, 1.54) is 6.42 Å². The third-order valence-corrected chi connectivity index (χ3v) is 3.84. The summed E-state index contributed by atoms with van der Waals surface area (Å²) in [5.41, 5.74) is 6.66. The van der Waals surface area contributed by atoms with Crippen molar-refractivity contribution in [1.82, 2.24) is 4.90 Å². The fourth-order valence-electron chi connectivity index (χ4n) is 2.15. The quantitative estimate of drug-likeness (QED) is 0.673. The van der Waals surface area contributed by atoms with Crippen molar-refractivity contribution in [3.05, 3.63) is 29.8 Å². The van der Waals surface area contributed by atoms with Crippen LogP contribution in [0.25, 0.3) is 0 Å². The Bertz CT molecular complexity index is 419. The van der Waals surface area contributed by atoms with E-state index in [0.717, 1.165) is 43.5 Å². The molecule has 0 aliphatic heterocycles. The molecule has 1 atom stereocenters. The molecule has 0 radical (unpaired) electrons. The number of thiocarbonyl (C=S) groups is 1. The van der Waals surface area contributed by atoms with E-state index in [4.69, 9.17) is 22.7 Å². The molecule has 2 N–H and O–H groups in total. The number of ether oxygens (including phenoxy) is 1. The van der Waals surface area contributed by atoms with Crippen molar-refractivity contribution < 1.29 is 4.74 Å². The number of benzene rings is 1. The number of hydrogen-bond acceptors (Lipinski definition) is 3. The molecule has 0 aromatic heterocycles. The third kappa shape index (κ3) is 7.44. The molecular formula is C17H28N2OS. The largest absolute Gasteiger partial charge is 0.492 e. The Labute approximate surface area is 134 Å². The van der Waals surface area contributed by atoms with Gasteiger partial charge in [0.1, 0.15) is 12.4 Å². The highest BCUT2D eigenvalue weighted by molar-refractivity contribution is 7.80. The number of rotatable bonds is 10. The van der Waals surface area contributed by atoms with Crippen LogP contribution in [0, 0.1) is 5.92 Å². The fourth-order valence-corrected chi connectivity index (χ4v) is 2.31. The summed E-state index contributed by atoms with van der Waals surface area (Å²) >= 11 is 4.91. The van der Waals surface area contributed by atoms with Gasteiger partial charge in [-0.25, -0.2) is 0 Å². The lowest BCUT2D eigenvalue weighted by molar-refractivity contribution is 0.194. The topological polar surface area (TPSA) is 38.5 Å². The highest BCUT2D eigenvalue weighted by atomic mass is 32.1. The normalized spacial score (nSPS) is 12.4. The average molecular weight is 308 g/mol. The second-order valence-electron chi connectivity index (χ2n) is 5.54. The SMILES string of the molecule is CCC(C)CN(CC)CCOc1ccc(CC(N)=S)cc1. The van der Waals surface area contributed by atoms with Crippen LogP contribution in [0.15, 0.2) is 24.3 Å². The molecule has 1 unspecified atom stereocenters. The van der Waals surface area contributed by atoms with Gasteiger partial charge in [-0.2, -0.15) is 0 Å². The zero-order chi connectivity index (χ0) is 15.7. The van der Waals surface area contributed by atoms with Crippen molar-refractivity contribution in [1.29, 1.82) is 0 Å². The molecule has 0 aliphatic rings. The van der Waals surface area contributed by atoms with Gasteiger partial charge in [-0.3, -0.25) is 4.90 Å². The molecule has 0 fully saturated rings. The third-order valence-electron chi connectivity index (χ3n) is 3.69. The first-order chi connectivity index (χ1) is 10.0. The van der Waals surface area contributed by atoms with E-state index in [1.54, 1.807) is 0 Å². The molecule has 0 bridgehead atoms. The van der Waals surface area contributed by atoms with E-state index in [-0.39, 0.29) is 0 Å². The van der Waals surface area contributed by atoms with Crippen molar-refractivity contribution in [3.8, 4) is 5.75 Å². The van der Waals surface area contributed by atoms with Gasteiger partial charge in [0.05, 0.1) is 4.99 Å². The predicted molar refractivity (Wildman–Crippen MR) is 94.0 cm³/mol. The molecule has 0 spiro atoms. The van der Waals surface area contributed by atoms with Gasteiger partial charge in [0.15, 0.2) is 0 Å². The Morgan fingerprint density at radius 3 is 2.48 bits per heavy atom. The first-order valence-electron chi connectivity index (χ1n) is 7.77. The van der Waals surface area contributed by atoms with Gasteiger partial charge >= 0.3 is 0 Å². The van der Waals surface area contributed by atoms with Crippen LogP contribution in [-0.2, 0) is 6.42 Å². The standard InChI is InChI=1S/C17H28N2OS/c1-4-14(3)13-19(5-2)10-11-20-16-8-6-15(7-9-16)12-17(18)21/h6-9,14H,4-5,10-13H2,1-3H3,(H2,18,21). The van der Waals surface area contributed by atoms with Crippen molar-refractivity contribution in [2.75, 3.05) is 26.2 Å². The Hall–Kier alpha value is -1.13. The maximum Gasteiger partial charge on any atom is 0.119 e. The second kappa shape index (κ2) is 9.74. The minimum absolute atomic E-state index is 0.521. The predicted octanol–water partition coefficient (Wildman–Crippen LogP) is 3.26. The molecule has 21 heavy (non-hydrogen) atoms. The minimum atomic E-state index is 0.521. The van der Waals surface area contributed by atoms with E-state index in [1.807, 2.05) is 24.3 Å². The van der Waals surface area contributed by atoms with Crippen LogP contribution >= 0.6 is 12.2 Å². The molecule has 118 valence electrons. The monoisotopic (exact) mass is 308 g/mol. The number of nitrogens with two attached hydrogens (primary N) is 1. The van der Waals surface area contributed by atoms with Gasteiger partial charge in [-0.05, 0) is 30.2 Å². The number of hydrogen-bond donors (Lipinski definition) is 1. The zero-order valence-corrected chi connectivity index (χ0v) is 14.3. The molecule has 0 saturated carbocycles. The summed E-state index contributed by atoms with van der Waals surface area (Å²) in [6.45, 7) is 10.6. The smallest absolute Gasteiger partial charge is 0.119 e. The van der Waals surface area contributed by atoms with Crippen molar-refractivity contribution in [2.45, 2.75) is 33.6 Å². The molecule has 0 aliphatic carbocycles. The Balaban J connectivity index is 2.35. The van der Waals surface area contributed by atoms with Crippen LogP contribution in [0.5, 0.6) is 5.75 Å². The summed E-state index contributed by atoms with van der Waals surface area (Å²) < 4.78 is 5.81. The van der Waals surface area contributed by atoms with Gasteiger partial charge in [0, 0.05) is 19.5 Å². The highest BCUT2D eigenvalue weighted by Gasteiger charge is 2.07. The minimum Gasteiger partial charge on any atom is -0.492 e. The van der Waals surface area contributed by atoms with Gasteiger partial charge in [0.2, 0.25) is 0 Å². The van der Waals surface area contributed by atoms with Crippen LogP contribution in [0.2, 0.25) is 0 Å². The summed E-state index contributed by atoms with van der Waals surface area (Å²) in [4.78, 5) is 2.96. The maximum atomic E-state index is 5.81. The lowest BCUT2D eigenvalue weighted by Crippen LogP contribution is -2.32. The van der Waals surface area contributed by atoms with E-state index in [0.29, 0.717) is 11.4 Å². The van der Waals surface area contributed by atoms with Gasteiger partial charge < -0.3 is 10.5 Å². The van der Waals surface area contributed by atoms with Crippen LogP contribution < -0.4 is 10.5 Å². The van der Waals surface area contributed by atoms with Crippen LogP contribution in [-0.4, -0.2) is 36.1 Å². The van der Waals surface area contributed by atoms with Crippen molar-refractivity contribution in [3.63, 3.8) is 0 Å². The van der Waals surface area contributed by atoms with Crippen LogP contribution in [0.3, 0.4) is 0 Å². The highest BCUT2D eigenvalue weighted by Crippen LogP contribution is 2.13. The fraction of sp³-hybridized carbons (Fsp3) is 0.588. The van der Waals surface area contributed by atoms with E-state index < -0.39 is 0 Å². The van der Waals surface area contributed by atoms with Crippen molar-refractivity contribution >= 4 is 17.2 Å². The number of likely N-dealkylation sites (N-methyl/N-ethyl adjacent to an activating group) is 1. The van der Waals surface area contributed by atoms with Crippen molar-refractivity contribution in [2.24, 2.45) is 11.7 Å². The average Bonchev–Trinajstić information content (AvgIpc) is 2.47. The van der Waals surface area contributed by atoms with Crippen LogP contribution in [0.4, 0.5) is 0 Å². The molecular weight excluding hydrogens is 280 g/mol. The van der Waals surface area contributed by atoms with E-state index in [9.17, 15) is 0 Å². The van der Waals surface area contributed by atoms with Gasteiger partial charge in [-0.15, -0.1) is 0 Å². The second-order valence-corrected chi connectivity index (χ2v) is 6.07. The maximum absolute atomic E-state index is 5.81. The summed E-state index contributed by atoms with van der Waals surface area (Å²) in [7, 11) is 0. The molecule has 1 aromatic carbocycles. The summed E-state index contributed by atoms with van der Waals surface area (Å²) in [6.07, 6.45) is 1.87. The first kappa shape index (κ1) is 17.9. The Morgan fingerprint density at radius 2 is 1.95 bits per heavy atom. The van der Waals surface area contributed by atoms with Gasteiger partial charge in [0.25, 0.3) is 0 Å². The Kier molecular flexibility index (Phi) is 8.31. The number of nitrogens with zero attached hydrogens (tertiary/aromatic N) is 1.